The molecule has 2 heterocycles. The summed E-state index contributed by atoms with van der Waals surface area (Å²) in [5, 5.41) is 1.20. The molecule has 0 aliphatic heterocycles. The molecule has 0 aliphatic carbocycles. The third kappa shape index (κ3) is 4.95. The second-order valence-corrected chi connectivity index (χ2v) is 8.36. The highest BCUT2D eigenvalue weighted by molar-refractivity contribution is 6.30. The average molecular weight is 491 g/mol. The Balaban J connectivity index is 1.60. The summed E-state index contributed by atoms with van der Waals surface area (Å²) in [6.45, 7) is 4.78. The van der Waals surface area contributed by atoms with E-state index in [0.29, 0.717) is 44.0 Å². The average Bonchev–Trinajstić information content (AvgIpc) is 3.16. The Morgan fingerprint density at radius 2 is 1.69 bits per heavy atom. The zero-order valence-corrected chi connectivity index (χ0v) is 20.2. The minimum atomic E-state index is -0.654. The molecule has 4 aromatic rings. The number of Topliss-reactive ketones (excluding diaryl/α,β-unsaturated/α-hetero) is 1. The molecule has 4 rings (SSSR count). The summed E-state index contributed by atoms with van der Waals surface area (Å²) >= 11 is 6.00. The van der Waals surface area contributed by atoms with E-state index in [1.54, 1.807) is 57.2 Å². The molecular formula is C27H23ClN2O5. The number of ketones is 1. The van der Waals surface area contributed by atoms with Crippen molar-refractivity contribution in [2.45, 2.75) is 20.8 Å². The third-order valence-corrected chi connectivity index (χ3v) is 5.86. The number of carbonyl (C=O) groups excluding carboxylic acids is 3. The molecule has 0 saturated heterocycles. The van der Waals surface area contributed by atoms with Gasteiger partial charge < -0.3 is 14.5 Å². The van der Waals surface area contributed by atoms with Gasteiger partial charge in [-0.3, -0.25) is 4.79 Å². The van der Waals surface area contributed by atoms with Gasteiger partial charge >= 0.3 is 11.9 Å². The molecule has 2 aromatic heterocycles. The predicted octanol–water partition coefficient (Wildman–Crippen LogP) is 5.72. The number of para-hydroxylation sites is 1. The minimum absolute atomic E-state index is 0.208. The van der Waals surface area contributed by atoms with Gasteiger partial charge in [0.25, 0.3) is 0 Å². The first-order valence-electron chi connectivity index (χ1n) is 11.0. The number of carbonyl (C=O) groups is 3. The van der Waals surface area contributed by atoms with E-state index in [1.165, 1.54) is 0 Å². The quantitative estimate of drug-likeness (QED) is 0.263. The van der Waals surface area contributed by atoms with E-state index in [4.69, 9.17) is 21.1 Å². The predicted molar refractivity (Wildman–Crippen MR) is 133 cm³/mol. The van der Waals surface area contributed by atoms with Crippen molar-refractivity contribution in [1.29, 1.82) is 0 Å². The molecule has 8 heteroatoms. The van der Waals surface area contributed by atoms with Crippen molar-refractivity contribution < 1.29 is 23.9 Å². The Bertz CT molecular complexity index is 1440. The highest BCUT2D eigenvalue weighted by Crippen LogP contribution is 2.27. The minimum Gasteiger partial charge on any atom is -0.462 e. The molecular weight excluding hydrogens is 468 g/mol. The number of rotatable bonds is 7. The van der Waals surface area contributed by atoms with Gasteiger partial charge in [-0.25, -0.2) is 14.6 Å². The summed E-state index contributed by atoms with van der Waals surface area (Å²) in [4.78, 5) is 45.7. The number of hydrogen-bond donors (Lipinski definition) is 1. The van der Waals surface area contributed by atoms with Crippen LogP contribution in [0.25, 0.3) is 22.2 Å². The van der Waals surface area contributed by atoms with Crippen LogP contribution in [0.3, 0.4) is 0 Å². The van der Waals surface area contributed by atoms with Crippen LogP contribution in [0.5, 0.6) is 0 Å². The lowest BCUT2D eigenvalue weighted by atomic mass is 10.0. The van der Waals surface area contributed by atoms with Crippen LogP contribution >= 0.6 is 11.6 Å². The highest BCUT2D eigenvalue weighted by Gasteiger charge is 2.24. The molecule has 1 N–H and O–H groups in total. The number of nitrogens with one attached hydrogen (secondary N) is 1. The number of aryl methyl sites for hydroxylation is 1. The molecule has 0 bridgehead atoms. The first-order chi connectivity index (χ1) is 16.8. The van der Waals surface area contributed by atoms with Crippen LogP contribution in [0.15, 0.2) is 54.6 Å². The Hall–Kier alpha value is -3.97. The lowest BCUT2D eigenvalue weighted by Crippen LogP contribution is -2.16. The standard InChI is InChI=1S/C27H23ClN2O5/c1-4-34-27(33)24-15(2)25(29-16(24)3)23(31)14-35-26(32)20-13-22(17-9-11-18(28)12-10-17)30-21-8-6-5-7-19(20)21/h5-13,29H,4,14H2,1-3H3. The van der Waals surface area contributed by atoms with Gasteiger partial charge in [-0.1, -0.05) is 41.9 Å². The molecule has 0 fully saturated rings. The van der Waals surface area contributed by atoms with E-state index in [1.807, 2.05) is 18.2 Å². The van der Waals surface area contributed by atoms with Crippen LogP contribution < -0.4 is 0 Å². The Kier molecular flexibility index (Phi) is 6.98. The highest BCUT2D eigenvalue weighted by atomic mass is 35.5. The van der Waals surface area contributed by atoms with Crippen molar-refractivity contribution in [3.8, 4) is 11.3 Å². The van der Waals surface area contributed by atoms with Crippen molar-refractivity contribution in [2.75, 3.05) is 13.2 Å². The fraction of sp³-hybridized carbons (Fsp3) is 0.185. The Morgan fingerprint density at radius 1 is 0.971 bits per heavy atom. The van der Waals surface area contributed by atoms with Crippen LogP contribution in [-0.2, 0) is 9.47 Å². The largest absolute Gasteiger partial charge is 0.462 e. The van der Waals surface area contributed by atoms with Gasteiger partial charge in [0, 0.05) is 21.7 Å². The van der Waals surface area contributed by atoms with Crippen molar-refractivity contribution >= 4 is 40.2 Å². The van der Waals surface area contributed by atoms with Gasteiger partial charge in [0.1, 0.15) is 0 Å². The third-order valence-electron chi connectivity index (χ3n) is 5.61. The van der Waals surface area contributed by atoms with Gasteiger partial charge in [-0.05, 0) is 50.6 Å². The summed E-state index contributed by atoms with van der Waals surface area (Å²) in [5.41, 5.74) is 3.77. The number of pyridine rings is 1. The molecule has 2 aromatic carbocycles. The number of fused-ring (bicyclic) bond motifs is 1. The van der Waals surface area contributed by atoms with E-state index >= 15 is 0 Å². The van der Waals surface area contributed by atoms with Crippen LogP contribution in [0.1, 0.15) is 49.4 Å². The van der Waals surface area contributed by atoms with Gasteiger partial charge in [0.05, 0.1) is 34.6 Å². The Labute approximate surface area is 207 Å². The fourth-order valence-corrected chi connectivity index (χ4v) is 4.06. The summed E-state index contributed by atoms with van der Waals surface area (Å²) < 4.78 is 10.5. The van der Waals surface area contributed by atoms with Crippen molar-refractivity contribution in [1.82, 2.24) is 9.97 Å². The smallest absolute Gasteiger partial charge is 0.340 e. The first kappa shape index (κ1) is 24.2. The number of aromatic nitrogens is 2. The number of benzene rings is 2. The van der Waals surface area contributed by atoms with E-state index in [-0.39, 0.29) is 12.3 Å². The molecule has 178 valence electrons. The second-order valence-electron chi connectivity index (χ2n) is 7.92. The summed E-state index contributed by atoms with van der Waals surface area (Å²) in [5.74, 6) is -1.61. The van der Waals surface area contributed by atoms with Gasteiger partial charge in [-0.15, -0.1) is 0 Å². The molecule has 0 saturated carbocycles. The number of aromatic amines is 1. The number of nitrogens with zero attached hydrogens (tertiary/aromatic N) is 1. The van der Waals surface area contributed by atoms with Crippen LogP contribution in [-0.4, -0.2) is 40.9 Å². The lowest BCUT2D eigenvalue weighted by Gasteiger charge is -2.10. The van der Waals surface area contributed by atoms with Crippen molar-refractivity contribution in [3.63, 3.8) is 0 Å². The number of halogens is 1. The molecule has 0 aliphatic rings. The van der Waals surface area contributed by atoms with E-state index in [0.717, 1.165) is 5.56 Å². The van der Waals surface area contributed by atoms with Crippen LogP contribution in [0.2, 0.25) is 5.02 Å². The van der Waals surface area contributed by atoms with Crippen molar-refractivity contribution in [3.05, 3.63) is 87.7 Å². The van der Waals surface area contributed by atoms with E-state index < -0.39 is 24.3 Å². The number of ether oxygens (including phenoxy) is 2. The molecule has 0 spiro atoms. The normalized spacial score (nSPS) is 10.9. The monoisotopic (exact) mass is 490 g/mol. The maximum absolute atomic E-state index is 13.1. The number of esters is 2. The molecule has 35 heavy (non-hydrogen) atoms. The fourth-order valence-electron chi connectivity index (χ4n) is 3.93. The SMILES string of the molecule is CCOC(=O)c1c(C)[nH]c(C(=O)COC(=O)c2cc(-c3ccc(Cl)cc3)nc3ccccc23)c1C. The van der Waals surface area contributed by atoms with Gasteiger partial charge in [0.2, 0.25) is 5.78 Å². The molecule has 0 unspecified atom stereocenters. The molecule has 0 atom stereocenters. The number of H-pyrrole nitrogens is 1. The maximum atomic E-state index is 13.1. The van der Waals surface area contributed by atoms with Gasteiger partial charge in [0.15, 0.2) is 6.61 Å². The number of hydrogen-bond acceptors (Lipinski definition) is 6. The van der Waals surface area contributed by atoms with Crippen LogP contribution in [0, 0.1) is 13.8 Å². The maximum Gasteiger partial charge on any atom is 0.340 e. The van der Waals surface area contributed by atoms with E-state index in [2.05, 4.69) is 9.97 Å². The molecule has 0 amide bonds. The van der Waals surface area contributed by atoms with Crippen LogP contribution in [0.4, 0.5) is 0 Å². The summed E-state index contributed by atoms with van der Waals surface area (Å²) in [7, 11) is 0. The first-order valence-corrected chi connectivity index (χ1v) is 11.4. The summed E-state index contributed by atoms with van der Waals surface area (Å²) in [6.07, 6.45) is 0. The summed E-state index contributed by atoms with van der Waals surface area (Å²) in [6, 6.07) is 16.0. The molecule has 0 radical (unpaired) electrons. The van der Waals surface area contributed by atoms with E-state index in [9.17, 15) is 14.4 Å². The zero-order valence-electron chi connectivity index (χ0n) is 19.5. The lowest BCUT2D eigenvalue weighted by molar-refractivity contribution is 0.0474. The zero-order chi connectivity index (χ0) is 25.1. The van der Waals surface area contributed by atoms with Gasteiger partial charge in [-0.2, -0.15) is 0 Å². The molecule has 7 nitrogen and oxygen atoms in total. The second kappa shape index (κ2) is 10.1. The Morgan fingerprint density at radius 3 is 2.40 bits per heavy atom. The van der Waals surface area contributed by atoms with Crippen molar-refractivity contribution in [2.24, 2.45) is 0 Å². The topological polar surface area (TPSA) is 98.4 Å².